The lowest BCUT2D eigenvalue weighted by molar-refractivity contribution is -0.384. The minimum absolute atomic E-state index is 0.0171. The van der Waals surface area contributed by atoms with Crippen LogP contribution in [0.5, 0.6) is 0 Å². The molecule has 0 aromatic heterocycles. The van der Waals surface area contributed by atoms with Crippen LogP contribution in [-0.4, -0.2) is 16.6 Å². The fourth-order valence-electron chi connectivity index (χ4n) is 2.34. The lowest BCUT2D eigenvalue weighted by Crippen LogP contribution is -2.27. The summed E-state index contributed by atoms with van der Waals surface area (Å²) in [7, 11) is 0. The lowest BCUT2D eigenvalue weighted by Gasteiger charge is -2.24. The van der Waals surface area contributed by atoms with Crippen molar-refractivity contribution in [2.45, 2.75) is 5.37 Å². The van der Waals surface area contributed by atoms with E-state index in [1.165, 1.54) is 48.2 Å². The molecular formula is C15H11FN2O3S. The van der Waals surface area contributed by atoms with Crippen LogP contribution in [0.3, 0.4) is 0 Å². The smallest absolute Gasteiger partial charge is 0.269 e. The van der Waals surface area contributed by atoms with Gasteiger partial charge in [-0.15, -0.1) is 11.8 Å². The van der Waals surface area contributed by atoms with Crippen LogP contribution < -0.4 is 4.90 Å². The number of rotatable bonds is 3. The summed E-state index contributed by atoms with van der Waals surface area (Å²) in [4.78, 5) is 24.1. The van der Waals surface area contributed by atoms with Crippen molar-refractivity contribution in [2.24, 2.45) is 0 Å². The van der Waals surface area contributed by atoms with E-state index in [0.717, 1.165) is 0 Å². The molecule has 0 unspecified atom stereocenters. The predicted molar refractivity (Wildman–Crippen MR) is 82.2 cm³/mol. The fraction of sp³-hybridized carbons (Fsp3) is 0.133. The molecule has 1 aliphatic rings. The molecule has 1 fully saturated rings. The first-order valence-electron chi connectivity index (χ1n) is 6.50. The summed E-state index contributed by atoms with van der Waals surface area (Å²) in [6.45, 7) is 0. The molecule has 3 rings (SSSR count). The van der Waals surface area contributed by atoms with Gasteiger partial charge in [0.2, 0.25) is 5.91 Å². The van der Waals surface area contributed by atoms with Gasteiger partial charge in [0.1, 0.15) is 11.2 Å². The number of non-ortho nitro benzene ring substituents is 1. The van der Waals surface area contributed by atoms with Crippen LogP contribution in [0.15, 0.2) is 48.5 Å². The summed E-state index contributed by atoms with van der Waals surface area (Å²) in [5.74, 6) is -0.201. The number of nitro benzene ring substituents is 1. The second kappa shape index (κ2) is 5.76. The molecule has 1 atom stereocenters. The number of anilines is 1. The topological polar surface area (TPSA) is 63.4 Å². The van der Waals surface area contributed by atoms with Crippen molar-refractivity contribution >= 4 is 29.0 Å². The standard InChI is InChI=1S/C15H11FN2O3S/c16-11-4-6-12(7-5-11)17-14(19)9-22-15(17)10-2-1-3-13(8-10)18(20)21/h1-8,15H,9H2/t15-/m1/s1. The molecule has 1 saturated heterocycles. The largest absolute Gasteiger partial charge is 0.295 e. The van der Waals surface area contributed by atoms with Gasteiger partial charge in [0, 0.05) is 17.8 Å². The maximum atomic E-state index is 13.0. The van der Waals surface area contributed by atoms with E-state index in [2.05, 4.69) is 0 Å². The van der Waals surface area contributed by atoms with E-state index in [1.54, 1.807) is 17.0 Å². The van der Waals surface area contributed by atoms with Crippen molar-refractivity contribution in [3.05, 3.63) is 70.0 Å². The number of amides is 1. The number of benzene rings is 2. The van der Waals surface area contributed by atoms with Crippen LogP contribution in [0.4, 0.5) is 15.8 Å². The summed E-state index contributed by atoms with van der Waals surface area (Å²) in [6, 6.07) is 11.9. The van der Waals surface area contributed by atoms with Gasteiger partial charge in [-0.05, 0) is 29.8 Å². The second-order valence-corrected chi connectivity index (χ2v) is 5.82. The first-order valence-corrected chi connectivity index (χ1v) is 7.55. The van der Waals surface area contributed by atoms with Crippen molar-refractivity contribution in [1.29, 1.82) is 0 Å². The Morgan fingerprint density at radius 1 is 1.23 bits per heavy atom. The van der Waals surface area contributed by atoms with Crippen molar-refractivity contribution in [3.8, 4) is 0 Å². The Hall–Kier alpha value is -2.41. The lowest BCUT2D eigenvalue weighted by atomic mass is 10.1. The summed E-state index contributed by atoms with van der Waals surface area (Å²) in [6.07, 6.45) is 0. The number of nitro groups is 1. The minimum Gasteiger partial charge on any atom is -0.295 e. The molecule has 0 N–H and O–H groups in total. The predicted octanol–water partition coefficient (Wildman–Crippen LogP) is 3.51. The van der Waals surface area contributed by atoms with Crippen LogP contribution in [0.25, 0.3) is 0 Å². The van der Waals surface area contributed by atoms with Gasteiger partial charge in [-0.3, -0.25) is 19.8 Å². The zero-order chi connectivity index (χ0) is 15.7. The highest BCUT2D eigenvalue weighted by molar-refractivity contribution is 8.00. The van der Waals surface area contributed by atoms with Gasteiger partial charge in [-0.2, -0.15) is 0 Å². The van der Waals surface area contributed by atoms with E-state index < -0.39 is 4.92 Å². The maximum Gasteiger partial charge on any atom is 0.269 e. The number of halogens is 1. The molecule has 0 bridgehead atoms. The number of carbonyl (C=O) groups is 1. The SMILES string of the molecule is O=C1CS[C@H](c2cccc([N+](=O)[O-])c2)N1c1ccc(F)cc1. The molecule has 1 aliphatic heterocycles. The van der Waals surface area contributed by atoms with Gasteiger partial charge in [0.15, 0.2) is 0 Å². The van der Waals surface area contributed by atoms with E-state index in [9.17, 15) is 19.3 Å². The van der Waals surface area contributed by atoms with Gasteiger partial charge in [-0.1, -0.05) is 12.1 Å². The normalized spacial score (nSPS) is 17.8. The van der Waals surface area contributed by atoms with Gasteiger partial charge in [0.25, 0.3) is 5.69 Å². The Kier molecular flexibility index (Phi) is 3.81. The molecule has 0 spiro atoms. The van der Waals surface area contributed by atoms with Crippen LogP contribution in [0, 0.1) is 15.9 Å². The molecule has 22 heavy (non-hydrogen) atoms. The molecule has 5 nitrogen and oxygen atoms in total. The molecule has 0 aliphatic carbocycles. The van der Waals surface area contributed by atoms with E-state index in [1.807, 2.05) is 0 Å². The van der Waals surface area contributed by atoms with Crippen molar-refractivity contribution in [1.82, 2.24) is 0 Å². The monoisotopic (exact) mass is 318 g/mol. The van der Waals surface area contributed by atoms with E-state index in [4.69, 9.17) is 0 Å². The van der Waals surface area contributed by atoms with Crippen LogP contribution >= 0.6 is 11.8 Å². The molecule has 1 amide bonds. The fourth-order valence-corrected chi connectivity index (χ4v) is 3.51. The van der Waals surface area contributed by atoms with Gasteiger partial charge < -0.3 is 0 Å². The quantitative estimate of drug-likeness (QED) is 0.642. The average molecular weight is 318 g/mol. The van der Waals surface area contributed by atoms with E-state index >= 15 is 0 Å². The van der Waals surface area contributed by atoms with Crippen LogP contribution in [0.1, 0.15) is 10.9 Å². The Balaban J connectivity index is 1.98. The first kappa shape index (κ1) is 14.5. The highest BCUT2D eigenvalue weighted by Crippen LogP contribution is 2.42. The molecule has 7 heteroatoms. The summed E-state index contributed by atoms with van der Waals surface area (Å²) in [5, 5.41) is 10.5. The highest BCUT2D eigenvalue weighted by atomic mass is 32.2. The number of hydrogen-bond acceptors (Lipinski definition) is 4. The highest BCUT2D eigenvalue weighted by Gasteiger charge is 2.34. The van der Waals surface area contributed by atoms with Crippen LogP contribution in [0.2, 0.25) is 0 Å². The zero-order valence-corrected chi connectivity index (χ0v) is 12.1. The van der Waals surface area contributed by atoms with Crippen molar-refractivity contribution in [3.63, 3.8) is 0 Å². The summed E-state index contributed by atoms with van der Waals surface area (Å²) in [5.41, 5.74) is 1.23. The third kappa shape index (κ3) is 2.67. The zero-order valence-electron chi connectivity index (χ0n) is 11.3. The molecular weight excluding hydrogens is 307 g/mol. The van der Waals surface area contributed by atoms with E-state index in [-0.39, 0.29) is 28.5 Å². The van der Waals surface area contributed by atoms with Gasteiger partial charge >= 0.3 is 0 Å². The summed E-state index contributed by atoms with van der Waals surface area (Å²) < 4.78 is 13.0. The van der Waals surface area contributed by atoms with Crippen LogP contribution in [-0.2, 0) is 4.79 Å². The molecule has 0 radical (unpaired) electrons. The molecule has 1 heterocycles. The van der Waals surface area contributed by atoms with Gasteiger partial charge in [-0.25, -0.2) is 4.39 Å². The first-order chi connectivity index (χ1) is 10.6. The summed E-state index contributed by atoms with van der Waals surface area (Å²) >= 11 is 1.39. The molecule has 2 aromatic rings. The molecule has 0 saturated carbocycles. The third-order valence-corrected chi connectivity index (χ3v) is 4.55. The number of hydrogen-bond donors (Lipinski definition) is 0. The number of thioether (sulfide) groups is 1. The molecule has 2 aromatic carbocycles. The van der Waals surface area contributed by atoms with E-state index in [0.29, 0.717) is 11.3 Å². The number of carbonyl (C=O) groups excluding carboxylic acids is 1. The maximum absolute atomic E-state index is 13.0. The average Bonchev–Trinajstić information content (AvgIpc) is 2.90. The Morgan fingerprint density at radius 2 is 1.95 bits per heavy atom. The minimum atomic E-state index is -0.465. The third-order valence-electron chi connectivity index (χ3n) is 3.34. The Bertz CT molecular complexity index is 736. The Morgan fingerprint density at radius 3 is 2.64 bits per heavy atom. The second-order valence-electron chi connectivity index (χ2n) is 4.76. The van der Waals surface area contributed by atoms with Crippen molar-refractivity contribution in [2.75, 3.05) is 10.7 Å². The Labute approximate surface area is 129 Å². The van der Waals surface area contributed by atoms with Gasteiger partial charge in [0.05, 0.1) is 10.7 Å². The van der Waals surface area contributed by atoms with Crippen molar-refractivity contribution < 1.29 is 14.1 Å². The molecule has 112 valence electrons. The number of nitrogens with zero attached hydrogens (tertiary/aromatic N) is 2.